The van der Waals surface area contributed by atoms with Crippen molar-refractivity contribution in [3.05, 3.63) is 32.2 Å². The van der Waals surface area contributed by atoms with E-state index < -0.39 is 24.3 Å². The largest absolute Gasteiger partial charge is 0.392 e. The van der Waals surface area contributed by atoms with Crippen LogP contribution in [0.3, 0.4) is 0 Å². The van der Waals surface area contributed by atoms with E-state index in [1.807, 2.05) is 4.98 Å². The Labute approximate surface area is 80.5 Å². The summed E-state index contributed by atoms with van der Waals surface area (Å²) in [5.41, 5.74) is -1.16. The highest BCUT2D eigenvalue weighted by Gasteiger charge is 2.16. The van der Waals surface area contributed by atoms with Crippen molar-refractivity contribution >= 4 is 15.9 Å². The van der Waals surface area contributed by atoms with Crippen LogP contribution in [0.1, 0.15) is 17.7 Å². The maximum atomic E-state index is 12.3. The van der Waals surface area contributed by atoms with E-state index in [9.17, 15) is 13.6 Å². The van der Waals surface area contributed by atoms with Crippen LogP contribution in [0.4, 0.5) is 8.78 Å². The normalized spacial score (nSPS) is 10.8. The predicted octanol–water partition coefficient (Wildman–Crippen LogP) is 1.57. The maximum absolute atomic E-state index is 12.3. The first-order valence-corrected chi connectivity index (χ1v) is 4.16. The van der Waals surface area contributed by atoms with Crippen LogP contribution >= 0.6 is 15.9 Å². The zero-order valence-corrected chi connectivity index (χ0v) is 7.94. The third-order valence-corrected chi connectivity index (χ3v) is 2.21. The predicted molar refractivity (Wildman–Crippen MR) is 45.6 cm³/mol. The molecular weight excluding hydrogens is 248 g/mol. The van der Waals surface area contributed by atoms with E-state index in [4.69, 9.17) is 5.11 Å². The quantitative estimate of drug-likeness (QED) is 0.841. The van der Waals surface area contributed by atoms with E-state index in [0.717, 1.165) is 6.07 Å². The van der Waals surface area contributed by atoms with Gasteiger partial charge in [0, 0.05) is 16.1 Å². The average molecular weight is 254 g/mol. The molecule has 0 fully saturated rings. The molecule has 0 bridgehead atoms. The van der Waals surface area contributed by atoms with Gasteiger partial charge >= 0.3 is 0 Å². The average Bonchev–Trinajstić information content (AvgIpc) is 2.02. The first-order chi connectivity index (χ1) is 6.06. The molecule has 0 aliphatic rings. The maximum Gasteiger partial charge on any atom is 0.278 e. The number of nitrogens with one attached hydrogen (secondary N) is 1. The number of pyridine rings is 1. The molecule has 3 nitrogen and oxygen atoms in total. The Balaban J connectivity index is 3.38. The summed E-state index contributed by atoms with van der Waals surface area (Å²) >= 11 is 2.91. The van der Waals surface area contributed by atoms with Crippen LogP contribution < -0.4 is 5.56 Å². The van der Waals surface area contributed by atoms with E-state index in [1.54, 1.807) is 0 Å². The number of rotatable bonds is 2. The molecule has 1 aromatic heterocycles. The van der Waals surface area contributed by atoms with Gasteiger partial charge in [0.25, 0.3) is 6.43 Å². The Morgan fingerprint density at radius 1 is 1.62 bits per heavy atom. The van der Waals surface area contributed by atoms with E-state index in [-0.39, 0.29) is 10.0 Å². The van der Waals surface area contributed by atoms with Gasteiger partial charge in [-0.1, -0.05) is 15.9 Å². The van der Waals surface area contributed by atoms with Crippen molar-refractivity contribution < 1.29 is 13.9 Å². The summed E-state index contributed by atoms with van der Waals surface area (Å²) in [6.07, 6.45) is -2.80. The molecule has 0 atom stereocenters. The van der Waals surface area contributed by atoms with Gasteiger partial charge in [-0.15, -0.1) is 0 Å². The Kier molecular flexibility index (Phi) is 3.16. The molecule has 0 unspecified atom stereocenters. The number of H-pyrrole nitrogens is 1. The third-order valence-electron chi connectivity index (χ3n) is 1.51. The van der Waals surface area contributed by atoms with Gasteiger partial charge < -0.3 is 10.1 Å². The Hall–Kier alpha value is -0.750. The lowest BCUT2D eigenvalue weighted by molar-refractivity contribution is 0.141. The molecule has 0 amide bonds. The topological polar surface area (TPSA) is 53.1 Å². The fraction of sp³-hybridized carbons (Fsp3) is 0.286. The third kappa shape index (κ3) is 2.13. The minimum atomic E-state index is -2.80. The van der Waals surface area contributed by atoms with Crippen molar-refractivity contribution in [3.8, 4) is 0 Å². The van der Waals surface area contributed by atoms with Gasteiger partial charge in [0.15, 0.2) is 0 Å². The number of hydrogen-bond acceptors (Lipinski definition) is 2. The van der Waals surface area contributed by atoms with E-state index >= 15 is 0 Å². The zero-order chi connectivity index (χ0) is 10.0. The first-order valence-electron chi connectivity index (χ1n) is 3.37. The highest BCUT2D eigenvalue weighted by molar-refractivity contribution is 9.10. The Morgan fingerprint density at radius 2 is 2.23 bits per heavy atom. The highest BCUT2D eigenvalue weighted by atomic mass is 79.9. The molecule has 0 aliphatic heterocycles. The van der Waals surface area contributed by atoms with Gasteiger partial charge in [0.05, 0.1) is 12.3 Å². The Morgan fingerprint density at radius 3 is 2.69 bits per heavy atom. The van der Waals surface area contributed by atoms with Crippen LogP contribution in [0.5, 0.6) is 0 Å². The van der Waals surface area contributed by atoms with Gasteiger partial charge in [-0.3, -0.25) is 4.79 Å². The van der Waals surface area contributed by atoms with Crippen LogP contribution in [0.25, 0.3) is 0 Å². The van der Waals surface area contributed by atoms with Crippen LogP contribution in [0, 0.1) is 0 Å². The summed E-state index contributed by atoms with van der Waals surface area (Å²) in [7, 11) is 0. The van der Waals surface area contributed by atoms with Crippen molar-refractivity contribution in [2.24, 2.45) is 0 Å². The summed E-state index contributed by atoms with van der Waals surface area (Å²) in [4.78, 5) is 12.8. The standard InChI is InChI=1S/C7H6BrF2NO2/c8-4-1-5(13)11-6(7(9)10)3(4)2-12/h1,7,12H,2H2,(H,11,13). The molecule has 6 heteroatoms. The summed E-state index contributed by atoms with van der Waals surface area (Å²) < 4.78 is 24.7. The molecule has 0 radical (unpaired) electrons. The van der Waals surface area contributed by atoms with Crippen LogP contribution in [0.15, 0.2) is 15.3 Å². The van der Waals surface area contributed by atoms with Crippen molar-refractivity contribution in [1.82, 2.24) is 4.98 Å². The molecule has 0 saturated heterocycles. The minimum absolute atomic E-state index is 0.00889. The first kappa shape index (κ1) is 10.3. The molecule has 0 saturated carbocycles. The highest BCUT2D eigenvalue weighted by Crippen LogP contribution is 2.24. The molecule has 0 aliphatic carbocycles. The van der Waals surface area contributed by atoms with Crippen molar-refractivity contribution in [3.63, 3.8) is 0 Å². The van der Waals surface area contributed by atoms with Gasteiger partial charge in [-0.25, -0.2) is 8.78 Å². The number of aromatic nitrogens is 1. The van der Waals surface area contributed by atoms with Crippen LogP contribution in [-0.4, -0.2) is 10.1 Å². The summed E-state index contributed by atoms with van der Waals surface area (Å²) in [6, 6.07) is 1.09. The number of aliphatic hydroxyl groups excluding tert-OH is 1. The van der Waals surface area contributed by atoms with E-state index in [1.165, 1.54) is 0 Å². The number of aliphatic hydroxyl groups is 1. The molecular formula is C7H6BrF2NO2. The zero-order valence-electron chi connectivity index (χ0n) is 6.35. The summed E-state index contributed by atoms with van der Waals surface area (Å²) in [5, 5.41) is 8.75. The summed E-state index contributed by atoms with van der Waals surface area (Å²) in [6.45, 7) is -0.545. The van der Waals surface area contributed by atoms with E-state index in [0.29, 0.717) is 0 Å². The molecule has 13 heavy (non-hydrogen) atoms. The van der Waals surface area contributed by atoms with E-state index in [2.05, 4.69) is 15.9 Å². The van der Waals surface area contributed by atoms with Gasteiger partial charge in [0.2, 0.25) is 5.56 Å². The van der Waals surface area contributed by atoms with Crippen LogP contribution in [-0.2, 0) is 6.61 Å². The van der Waals surface area contributed by atoms with Crippen molar-refractivity contribution in [1.29, 1.82) is 0 Å². The number of halogens is 3. The molecule has 0 aromatic carbocycles. The van der Waals surface area contributed by atoms with Crippen molar-refractivity contribution in [2.75, 3.05) is 0 Å². The van der Waals surface area contributed by atoms with Crippen LogP contribution in [0.2, 0.25) is 0 Å². The lowest BCUT2D eigenvalue weighted by atomic mass is 10.2. The molecule has 2 N–H and O–H groups in total. The van der Waals surface area contributed by atoms with Gasteiger partial charge in [0.1, 0.15) is 0 Å². The molecule has 1 rings (SSSR count). The molecule has 1 aromatic rings. The minimum Gasteiger partial charge on any atom is -0.392 e. The SMILES string of the molecule is O=c1cc(Br)c(CO)c(C(F)F)[nH]1. The second kappa shape index (κ2) is 3.97. The smallest absolute Gasteiger partial charge is 0.278 e. The van der Waals surface area contributed by atoms with Gasteiger partial charge in [-0.2, -0.15) is 0 Å². The second-order valence-electron chi connectivity index (χ2n) is 2.33. The lowest BCUT2D eigenvalue weighted by Gasteiger charge is -2.07. The lowest BCUT2D eigenvalue weighted by Crippen LogP contribution is -2.12. The number of hydrogen-bond donors (Lipinski definition) is 2. The molecule has 1 heterocycles. The molecule has 0 spiro atoms. The second-order valence-corrected chi connectivity index (χ2v) is 3.19. The monoisotopic (exact) mass is 253 g/mol. The van der Waals surface area contributed by atoms with Gasteiger partial charge in [-0.05, 0) is 0 Å². The summed E-state index contributed by atoms with van der Waals surface area (Å²) in [5.74, 6) is 0. The molecule has 72 valence electrons. The number of alkyl halides is 2. The number of aromatic amines is 1. The fourth-order valence-corrected chi connectivity index (χ4v) is 1.47. The Bertz CT molecular complexity index is 364. The van der Waals surface area contributed by atoms with Crippen molar-refractivity contribution in [2.45, 2.75) is 13.0 Å². The fourth-order valence-electron chi connectivity index (χ4n) is 0.922.